The van der Waals surface area contributed by atoms with Crippen LogP contribution in [0.3, 0.4) is 0 Å². The first kappa shape index (κ1) is 23.9. The SMILES string of the molecule is CCOc1ccc(NC(=O)CC2C(=O)N(c3ccc(C)cc3)C(=O)N2Cc2cccc(F)c2)cc1. The van der Waals surface area contributed by atoms with E-state index in [0.29, 0.717) is 29.3 Å². The minimum Gasteiger partial charge on any atom is -0.494 e. The number of imide groups is 1. The average molecular weight is 476 g/mol. The number of hydrogen-bond acceptors (Lipinski definition) is 4. The Morgan fingerprint density at radius 3 is 2.40 bits per heavy atom. The number of rotatable bonds is 8. The quantitative estimate of drug-likeness (QED) is 0.470. The van der Waals surface area contributed by atoms with Crippen molar-refractivity contribution in [3.05, 3.63) is 89.7 Å². The van der Waals surface area contributed by atoms with Gasteiger partial charge >= 0.3 is 6.03 Å². The van der Waals surface area contributed by atoms with Crippen molar-refractivity contribution < 1.29 is 23.5 Å². The summed E-state index contributed by atoms with van der Waals surface area (Å²) < 4.78 is 19.2. The molecular formula is C27H26FN3O4. The molecule has 1 saturated heterocycles. The van der Waals surface area contributed by atoms with E-state index in [1.54, 1.807) is 60.7 Å². The number of nitrogens with zero attached hydrogens (tertiary/aromatic N) is 2. The van der Waals surface area contributed by atoms with Gasteiger partial charge in [-0.1, -0.05) is 29.8 Å². The third-order valence-electron chi connectivity index (χ3n) is 5.68. The molecule has 0 aromatic heterocycles. The summed E-state index contributed by atoms with van der Waals surface area (Å²) in [6, 6.07) is 18.1. The maximum Gasteiger partial charge on any atom is 0.332 e. The molecule has 7 nitrogen and oxygen atoms in total. The van der Waals surface area contributed by atoms with Crippen molar-refractivity contribution >= 4 is 29.2 Å². The van der Waals surface area contributed by atoms with Crippen molar-refractivity contribution in [2.24, 2.45) is 0 Å². The van der Waals surface area contributed by atoms with Crippen LogP contribution in [-0.2, 0) is 16.1 Å². The maximum atomic E-state index is 13.8. The lowest BCUT2D eigenvalue weighted by atomic mass is 10.1. The van der Waals surface area contributed by atoms with Crippen molar-refractivity contribution in [2.45, 2.75) is 32.9 Å². The van der Waals surface area contributed by atoms with Crippen molar-refractivity contribution in [3.8, 4) is 5.75 Å². The summed E-state index contributed by atoms with van der Waals surface area (Å²) in [7, 11) is 0. The second-order valence-electron chi connectivity index (χ2n) is 8.28. The number of carbonyl (C=O) groups is 3. The van der Waals surface area contributed by atoms with E-state index in [0.717, 1.165) is 10.5 Å². The molecule has 0 aliphatic carbocycles. The molecular weight excluding hydrogens is 449 g/mol. The first-order valence-corrected chi connectivity index (χ1v) is 11.3. The maximum absolute atomic E-state index is 13.8. The van der Waals surface area contributed by atoms with Crippen LogP contribution in [0.25, 0.3) is 0 Å². The van der Waals surface area contributed by atoms with Crippen LogP contribution in [0.1, 0.15) is 24.5 Å². The molecule has 3 aromatic rings. The molecule has 1 atom stereocenters. The first-order valence-electron chi connectivity index (χ1n) is 11.3. The minimum absolute atomic E-state index is 0.00824. The fraction of sp³-hybridized carbons (Fsp3) is 0.222. The number of carbonyl (C=O) groups excluding carboxylic acids is 3. The summed E-state index contributed by atoms with van der Waals surface area (Å²) in [6.07, 6.45) is -0.241. The van der Waals surface area contributed by atoms with Crippen LogP contribution in [0.2, 0.25) is 0 Å². The minimum atomic E-state index is -1.03. The highest BCUT2D eigenvalue weighted by Gasteiger charge is 2.46. The zero-order valence-electron chi connectivity index (χ0n) is 19.5. The molecule has 1 aliphatic rings. The number of nitrogens with one attached hydrogen (secondary N) is 1. The number of benzene rings is 3. The molecule has 180 valence electrons. The molecule has 4 amide bonds. The normalized spacial score (nSPS) is 15.5. The van der Waals surface area contributed by atoms with Crippen molar-refractivity contribution in [3.63, 3.8) is 0 Å². The van der Waals surface area contributed by atoms with Gasteiger partial charge in [-0.25, -0.2) is 14.1 Å². The van der Waals surface area contributed by atoms with Crippen LogP contribution in [0.15, 0.2) is 72.8 Å². The largest absolute Gasteiger partial charge is 0.494 e. The van der Waals surface area contributed by atoms with Gasteiger partial charge in [-0.3, -0.25) is 9.59 Å². The smallest absolute Gasteiger partial charge is 0.332 e. The summed E-state index contributed by atoms with van der Waals surface area (Å²) in [5, 5.41) is 2.77. The molecule has 3 aromatic carbocycles. The average Bonchev–Trinajstić information content (AvgIpc) is 3.05. The highest BCUT2D eigenvalue weighted by molar-refractivity contribution is 6.22. The Balaban J connectivity index is 1.56. The topological polar surface area (TPSA) is 79.0 Å². The highest BCUT2D eigenvalue weighted by Crippen LogP contribution is 2.29. The monoisotopic (exact) mass is 475 g/mol. The predicted molar refractivity (Wildman–Crippen MR) is 131 cm³/mol. The number of anilines is 2. The summed E-state index contributed by atoms with van der Waals surface area (Å²) >= 11 is 0. The molecule has 1 aliphatic heterocycles. The molecule has 35 heavy (non-hydrogen) atoms. The molecule has 8 heteroatoms. The fourth-order valence-electron chi connectivity index (χ4n) is 3.97. The lowest BCUT2D eigenvalue weighted by Gasteiger charge is -2.21. The Kier molecular flexibility index (Phi) is 7.10. The van der Waals surface area contributed by atoms with E-state index in [2.05, 4.69) is 5.32 Å². The van der Waals surface area contributed by atoms with Crippen LogP contribution in [0.4, 0.5) is 20.6 Å². The van der Waals surface area contributed by atoms with Gasteiger partial charge in [-0.2, -0.15) is 0 Å². The molecule has 0 radical (unpaired) electrons. The molecule has 4 rings (SSSR count). The Labute approximate surface area is 203 Å². The fourth-order valence-corrected chi connectivity index (χ4v) is 3.97. The van der Waals surface area contributed by atoms with Gasteiger partial charge in [0.05, 0.1) is 18.7 Å². The van der Waals surface area contributed by atoms with Crippen molar-refractivity contribution in [2.75, 3.05) is 16.8 Å². The van der Waals surface area contributed by atoms with Gasteiger partial charge in [-0.15, -0.1) is 0 Å². The third-order valence-corrected chi connectivity index (χ3v) is 5.68. The van der Waals surface area contributed by atoms with Crippen molar-refractivity contribution in [1.29, 1.82) is 0 Å². The molecule has 0 bridgehead atoms. The summed E-state index contributed by atoms with van der Waals surface area (Å²) in [5.74, 6) is -0.690. The van der Waals surface area contributed by atoms with Gasteiger partial charge in [-0.05, 0) is 67.9 Å². The molecule has 1 N–H and O–H groups in total. The standard InChI is InChI=1S/C27H26FN3O4/c1-3-35-23-13-9-21(10-14-23)29-25(32)16-24-26(33)31(22-11-7-18(2)8-12-22)27(34)30(24)17-19-5-4-6-20(28)15-19/h4-15,24H,3,16-17H2,1-2H3,(H,29,32). The second kappa shape index (κ2) is 10.4. The van der Waals surface area contributed by atoms with Gasteiger partial charge in [0.2, 0.25) is 5.91 Å². The van der Waals surface area contributed by atoms with E-state index in [-0.39, 0.29) is 13.0 Å². The van der Waals surface area contributed by atoms with E-state index in [1.807, 2.05) is 13.8 Å². The lowest BCUT2D eigenvalue weighted by Crippen LogP contribution is -2.37. The van der Waals surface area contributed by atoms with Gasteiger partial charge in [0.1, 0.15) is 17.6 Å². The number of hydrogen-bond donors (Lipinski definition) is 1. The summed E-state index contributed by atoms with van der Waals surface area (Å²) in [5.41, 5.74) is 2.47. The third kappa shape index (κ3) is 5.48. The Bertz CT molecular complexity index is 1230. The molecule has 1 heterocycles. The van der Waals surface area contributed by atoms with E-state index in [4.69, 9.17) is 4.74 Å². The number of amides is 4. The summed E-state index contributed by atoms with van der Waals surface area (Å²) in [6.45, 7) is 4.31. The van der Waals surface area contributed by atoms with Crippen molar-refractivity contribution in [1.82, 2.24) is 4.90 Å². The van der Waals surface area contributed by atoms with E-state index in [1.165, 1.54) is 17.0 Å². The predicted octanol–water partition coefficient (Wildman–Crippen LogP) is 4.90. The Hall–Kier alpha value is -4.20. The lowest BCUT2D eigenvalue weighted by molar-refractivity contribution is -0.124. The number of urea groups is 1. The summed E-state index contributed by atoms with van der Waals surface area (Å²) in [4.78, 5) is 41.9. The van der Waals surface area contributed by atoms with Crippen LogP contribution in [-0.4, -0.2) is 35.4 Å². The number of ether oxygens (including phenoxy) is 1. The molecule has 0 spiro atoms. The Morgan fingerprint density at radius 2 is 1.74 bits per heavy atom. The molecule has 1 unspecified atom stereocenters. The van der Waals surface area contributed by atoms with Crippen LogP contribution in [0, 0.1) is 12.7 Å². The van der Waals surface area contributed by atoms with Crippen LogP contribution >= 0.6 is 0 Å². The van der Waals surface area contributed by atoms with Gasteiger partial charge in [0.25, 0.3) is 5.91 Å². The number of aryl methyl sites for hydroxylation is 1. The van der Waals surface area contributed by atoms with E-state index >= 15 is 0 Å². The van der Waals surface area contributed by atoms with Crippen LogP contribution < -0.4 is 15.0 Å². The Morgan fingerprint density at radius 1 is 1.03 bits per heavy atom. The van der Waals surface area contributed by atoms with Gasteiger partial charge < -0.3 is 15.0 Å². The zero-order valence-corrected chi connectivity index (χ0v) is 19.5. The number of halogens is 1. The van der Waals surface area contributed by atoms with Crippen LogP contribution in [0.5, 0.6) is 5.75 Å². The van der Waals surface area contributed by atoms with Gasteiger partial charge in [0, 0.05) is 12.2 Å². The second-order valence-corrected chi connectivity index (χ2v) is 8.28. The zero-order chi connectivity index (χ0) is 24.9. The molecule has 1 fully saturated rings. The molecule has 0 saturated carbocycles. The highest BCUT2D eigenvalue weighted by atomic mass is 19.1. The van der Waals surface area contributed by atoms with E-state index in [9.17, 15) is 18.8 Å². The first-order chi connectivity index (χ1) is 16.9. The van der Waals surface area contributed by atoms with E-state index < -0.39 is 29.7 Å². The van der Waals surface area contributed by atoms with Gasteiger partial charge in [0.15, 0.2) is 0 Å².